The Morgan fingerprint density at radius 1 is 1.07 bits per heavy atom. The molecule has 30 heavy (non-hydrogen) atoms. The van der Waals surface area contributed by atoms with Gasteiger partial charge in [-0.15, -0.1) is 0 Å². The number of esters is 1. The smallest absolute Gasteiger partial charge is 0.305 e. The van der Waals surface area contributed by atoms with Crippen molar-refractivity contribution in [2.24, 2.45) is 0 Å². The van der Waals surface area contributed by atoms with E-state index in [1.165, 1.54) is 7.11 Å². The molecule has 7 nitrogen and oxygen atoms in total. The first-order chi connectivity index (χ1) is 14.6. The van der Waals surface area contributed by atoms with Crippen LogP contribution >= 0.6 is 0 Å². The maximum absolute atomic E-state index is 11.1. The van der Waals surface area contributed by atoms with Crippen LogP contribution in [0.3, 0.4) is 0 Å². The zero-order valence-electron chi connectivity index (χ0n) is 19.1. The van der Waals surface area contributed by atoms with Gasteiger partial charge in [0, 0.05) is 12.8 Å². The van der Waals surface area contributed by atoms with Crippen LogP contribution in [0.1, 0.15) is 84.0 Å². The van der Waals surface area contributed by atoms with E-state index in [1.54, 1.807) is 0 Å². The monoisotopic (exact) mass is 432 g/mol. The van der Waals surface area contributed by atoms with Crippen molar-refractivity contribution in [1.29, 1.82) is 0 Å². The van der Waals surface area contributed by atoms with Gasteiger partial charge in [0.2, 0.25) is 0 Å². The number of hydrogen-bond donors (Lipinski definition) is 2. The van der Waals surface area contributed by atoms with Crippen LogP contribution in [0.4, 0.5) is 0 Å². The minimum atomic E-state index is -0.433. The summed E-state index contributed by atoms with van der Waals surface area (Å²) in [5.41, 5.74) is 0. The van der Waals surface area contributed by atoms with E-state index in [4.69, 9.17) is 19.3 Å². The van der Waals surface area contributed by atoms with Crippen molar-refractivity contribution in [3.8, 4) is 0 Å². The lowest BCUT2D eigenvalue weighted by molar-refractivity contribution is -0.140. The Morgan fingerprint density at radius 3 is 2.57 bits per heavy atom. The summed E-state index contributed by atoms with van der Waals surface area (Å²) in [5.74, 6) is -0.140. The van der Waals surface area contributed by atoms with Crippen molar-refractivity contribution in [3.05, 3.63) is 0 Å². The molecule has 4 atom stereocenters. The van der Waals surface area contributed by atoms with Crippen LogP contribution in [0.15, 0.2) is 0 Å². The first-order valence-electron chi connectivity index (χ1n) is 11.8. The molecule has 0 spiro atoms. The second-order valence-electron chi connectivity index (χ2n) is 8.14. The number of carbonyl (C=O) groups excluding carboxylic acids is 1. The highest BCUT2D eigenvalue weighted by molar-refractivity contribution is 5.68. The molecule has 2 N–H and O–H groups in total. The summed E-state index contributed by atoms with van der Waals surface area (Å²) in [4.78, 5) is 11.1. The molecule has 0 aromatic heterocycles. The second-order valence-corrected chi connectivity index (χ2v) is 8.14. The normalized spacial score (nSPS) is 22.3. The molecule has 0 aliphatic carbocycles. The summed E-state index contributed by atoms with van der Waals surface area (Å²) in [6, 6.07) is 0. The standard InChI is InChI=1S/C23H44O7/c1-3-4-8-12-21(29-17-16-28-15-14-24)22-18-19(25)20(30-22)11-9-6-5-7-10-13-23(26)27-2/h19-22,24-25H,3-18H2,1-2H3. The molecule has 1 rings (SSSR count). The largest absolute Gasteiger partial charge is 0.469 e. The van der Waals surface area contributed by atoms with E-state index < -0.39 is 6.10 Å². The van der Waals surface area contributed by atoms with Crippen LogP contribution in [-0.4, -0.2) is 74.1 Å². The molecule has 1 heterocycles. The summed E-state index contributed by atoms with van der Waals surface area (Å²) in [6.45, 7) is 3.46. The van der Waals surface area contributed by atoms with E-state index >= 15 is 0 Å². The fraction of sp³-hybridized carbons (Fsp3) is 0.957. The Morgan fingerprint density at radius 2 is 1.83 bits per heavy atom. The van der Waals surface area contributed by atoms with Crippen molar-refractivity contribution in [2.75, 3.05) is 33.5 Å². The number of rotatable bonds is 19. The third kappa shape index (κ3) is 12.2. The highest BCUT2D eigenvalue weighted by atomic mass is 16.6. The topological polar surface area (TPSA) is 94.5 Å². The van der Waals surface area contributed by atoms with E-state index in [0.717, 1.165) is 64.2 Å². The fourth-order valence-electron chi connectivity index (χ4n) is 3.90. The number of carbonyl (C=O) groups is 1. The molecule has 4 unspecified atom stereocenters. The molecule has 0 radical (unpaired) electrons. The lowest BCUT2D eigenvalue weighted by Gasteiger charge is -2.24. The molecule has 0 bridgehead atoms. The Balaban J connectivity index is 2.28. The number of ether oxygens (including phenoxy) is 4. The van der Waals surface area contributed by atoms with Gasteiger partial charge in [0.1, 0.15) is 0 Å². The van der Waals surface area contributed by atoms with Crippen molar-refractivity contribution >= 4 is 5.97 Å². The van der Waals surface area contributed by atoms with E-state index in [-0.39, 0.29) is 30.9 Å². The lowest BCUT2D eigenvalue weighted by atomic mass is 10.0. The minimum Gasteiger partial charge on any atom is -0.469 e. The van der Waals surface area contributed by atoms with Crippen LogP contribution in [-0.2, 0) is 23.7 Å². The molecule has 1 aliphatic heterocycles. The lowest BCUT2D eigenvalue weighted by Crippen LogP contribution is -2.31. The predicted molar refractivity (Wildman–Crippen MR) is 115 cm³/mol. The number of unbranched alkanes of at least 4 members (excludes halogenated alkanes) is 6. The molecular weight excluding hydrogens is 388 g/mol. The highest BCUT2D eigenvalue weighted by Gasteiger charge is 2.38. The van der Waals surface area contributed by atoms with Gasteiger partial charge < -0.3 is 29.2 Å². The summed E-state index contributed by atoms with van der Waals surface area (Å²) < 4.78 is 22.2. The van der Waals surface area contributed by atoms with Gasteiger partial charge in [0.25, 0.3) is 0 Å². The van der Waals surface area contributed by atoms with Gasteiger partial charge in [-0.25, -0.2) is 0 Å². The van der Waals surface area contributed by atoms with E-state index in [2.05, 4.69) is 11.7 Å². The molecule has 0 aromatic rings. The van der Waals surface area contributed by atoms with E-state index in [1.807, 2.05) is 0 Å². The zero-order valence-corrected chi connectivity index (χ0v) is 19.1. The Hall–Kier alpha value is -0.730. The van der Waals surface area contributed by atoms with Crippen LogP contribution in [0, 0.1) is 0 Å². The maximum Gasteiger partial charge on any atom is 0.305 e. The van der Waals surface area contributed by atoms with Gasteiger partial charge in [0.05, 0.1) is 58.0 Å². The Kier molecular flexibility index (Phi) is 16.3. The third-order valence-corrected chi connectivity index (χ3v) is 5.65. The number of hydrogen-bond acceptors (Lipinski definition) is 7. The van der Waals surface area contributed by atoms with Crippen LogP contribution in [0.5, 0.6) is 0 Å². The summed E-state index contributed by atoms with van der Waals surface area (Å²) in [5, 5.41) is 19.2. The molecule has 0 aromatic carbocycles. The van der Waals surface area contributed by atoms with E-state index in [0.29, 0.717) is 32.7 Å². The van der Waals surface area contributed by atoms with E-state index in [9.17, 15) is 9.90 Å². The number of aliphatic hydroxyl groups excluding tert-OH is 2. The molecule has 1 fully saturated rings. The number of aliphatic hydroxyl groups is 2. The van der Waals surface area contributed by atoms with Crippen LogP contribution < -0.4 is 0 Å². The summed E-state index contributed by atoms with van der Waals surface area (Å²) in [7, 11) is 1.42. The van der Waals surface area contributed by atoms with Gasteiger partial charge in [0.15, 0.2) is 0 Å². The first-order valence-corrected chi connectivity index (χ1v) is 11.8. The minimum absolute atomic E-state index is 0.0187. The van der Waals surface area contributed by atoms with Crippen molar-refractivity contribution in [2.45, 2.75) is 108 Å². The van der Waals surface area contributed by atoms with Gasteiger partial charge in [-0.05, 0) is 19.3 Å². The summed E-state index contributed by atoms with van der Waals surface area (Å²) >= 11 is 0. The van der Waals surface area contributed by atoms with Gasteiger partial charge in [-0.1, -0.05) is 51.9 Å². The SMILES string of the molecule is CCCCCC(OCCOCCO)C1CC(O)C(CCCCCCCC(=O)OC)O1. The van der Waals surface area contributed by atoms with Gasteiger partial charge in [-0.2, -0.15) is 0 Å². The molecular formula is C23H44O7. The molecule has 1 aliphatic rings. The highest BCUT2D eigenvalue weighted by Crippen LogP contribution is 2.29. The van der Waals surface area contributed by atoms with Gasteiger partial charge >= 0.3 is 5.97 Å². The fourth-order valence-corrected chi connectivity index (χ4v) is 3.90. The first kappa shape index (κ1) is 27.3. The van der Waals surface area contributed by atoms with Gasteiger partial charge in [-0.3, -0.25) is 4.79 Å². The Labute approximate surface area is 182 Å². The second kappa shape index (κ2) is 17.9. The van der Waals surface area contributed by atoms with Crippen LogP contribution in [0.25, 0.3) is 0 Å². The Bertz CT molecular complexity index is 418. The molecule has 7 heteroatoms. The molecule has 0 amide bonds. The zero-order chi connectivity index (χ0) is 22.0. The average Bonchev–Trinajstić information content (AvgIpc) is 3.11. The predicted octanol–water partition coefficient (Wildman–Crippen LogP) is 3.38. The molecule has 1 saturated heterocycles. The molecule has 178 valence electrons. The average molecular weight is 433 g/mol. The van der Waals surface area contributed by atoms with Crippen LogP contribution in [0.2, 0.25) is 0 Å². The quantitative estimate of drug-likeness (QED) is 0.239. The number of methoxy groups -OCH3 is 1. The van der Waals surface area contributed by atoms with Crippen molar-refractivity contribution < 1.29 is 34.0 Å². The van der Waals surface area contributed by atoms with Crippen molar-refractivity contribution in [1.82, 2.24) is 0 Å². The summed E-state index contributed by atoms with van der Waals surface area (Å²) in [6.07, 6.45) is 10.7. The maximum atomic E-state index is 11.1. The third-order valence-electron chi connectivity index (χ3n) is 5.65. The molecule has 0 saturated carbocycles. The van der Waals surface area contributed by atoms with Crippen molar-refractivity contribution in [3.63, 3.8) is 0 Å².